The minimum absolute atomic E-state index is 0.00591. The van der Waals surface area contributed by atoms with Gasteiger partial charge in [0.05, 0.1) is 11.6 Å². The van der Waals surface area contributed by atoms with Crippen LogP contribution in [0.4, 0.5) is 0 Å². The Morgan fingerprint density at radius 3 is 3.05 bits per heavy atom. The molecule has 1 amide bonds. The van der Waals surface area contributed by atoms with Crippen LogP contribution in [0.15, 0.2) is 33.9 Å². The van der Waals surface area contributed by atoms with Crippen molar-refractivity contribution in [1.29, 1.82) is 0 Å². The van der Waals surface area contributed by atoms with Gasteiger partial charge < -0.3 is 9.42 Å². The molecule has 1 fully saturated rings. The van der Waals surface area contributed by atoms with E-state index < -0.39 is 0 Å². The van der Waals surface area contributed by atoms with E-state index in [0.717, 1.165) is 42.3 Å². The highest BCUT2D eigenvalue weighted by Crippen LogP contribution is 2.32. The molecule has 116 valence electrons. The number of pyridine rings is 1. The minimum Gasteiger partial charge on any atom is -0.361 e. The fourth-order valence-corrected chi connectivity index (χ4v) is 3.44. The van der Waals surface area contributed by atoms with Crippen molar-refractivity contribution >= 4 is 17.7 Å². The van der Waals surface area contributed by atoms with Gasteiger partial charge in [-0.15, -0.1) is 11.8 Å². The van der Waals surface area contributed by atoms with Gasteiger partial charge in [0.25, 0.3) is 5.91 Å². The number of aryl methyl sites for hydroxylation is 1. The standard InChI is InChI=1S/C16H19N3O2S/c1-11-10-13(18-21-11)14-7-3-4-9-19(14)16(20)12-6-5-8-17-15(12)22-2/h5-6,8,10,14H,3-4,7,9H2,1-2H3/t14-/m0/s1. The van der Waals surface area contributed by atoms with Gasteiger partial charge in [0.2, 0.25) is 0 Å². The third-order valence-corrected chi connectivity index (χ3v) is 4.66. The van der Waals surface area contributed by atoms with Gasteiger partial charge in [-0.25, -0.2) is 4.98 Å². The van der Waals surface area contributed by atoms with Gasteiger partial charge in [0.15, 0.2) is 0 Å². The summed E-state index contributed by atoms with van der Waals surface area (Å²) in [4.78, 5) is 19.2. The normalized spacial score (nSPS) is 18.5. The van der Waals surface area contributed by atoms with Crippen LogP contribution in [-0.4, -0.2) is 33.7 Å². The molecule has 0 unspecified atom stereocenters. The lowest BCUT2D eigenvalue weighted by Crippen LogP contribution is -2.39. The summed E-state index contributed by atoms with van der Waals surface area (Å²) < 4.78 is 5.19. The highest BCUT2D eigenvalue weighted by atomic mass is 32.2. The second kappa shape index (κ2) is 6.52. The molecule has 1 aliphatic heterocycles. The molecule has 22 heavy (non-hydrogen) atoms. The van der Waals surface area contributed by atoms with Crippen LogP contribution < -0.4 is 0 Å². The van der Waals surface area contributed by atoms with Gasteiger partial charge in [0.1, 0.15) is 16.5 Å². The summed E-state index contributed by atoms with van der Waals surface area (Å²) in [6.45, 7) is 2.62. The van der Waals surface area contributed by atoms with E-state index in [0.29, 0.717) is 5.56 Å². The summed E-state index contributed by atoms with van der Waals surface area (Å²) in [5, 5.41) is 4.89. The average molecular weight is 317 g/mol. The van der Waals surface area contributed by atoms with Crippen LogP contribution in [0.2, 0.25) is 0 Å². The quantitative estimate of drug-likeness (QED) is 0.811. The Bertz CT molecular complexity index is 671. The highest BCUT2D eigenvalue weighted by molar-refractivity contribution is 7.98. The fraction of sp³-hybridized carbons (Fsp3) is 0.438. The Labute approximate surface area is 134 Å². The summed E-state index contributed by atoms with van der Waals surface area (Å²) in [7, 11) is 0. The van der Waals surface area contributed by atoms with Gasteiger partial charge in [-0.2, -0.15) is 0 Å². The molecule has 5 nitrogen and oxygen atoms in total. The highest BCUT2D eigenvalue weighted by Gasteiger charge is 2.31. The van der Waals surface area contributed by atoms with Crippen molar-refractivity contribution in [3.63, 3.8) is 0 Å². The first-order chi connectivity index (χ1) is 10.7. The maximum Gasteiger partial charge on any atom is 0.257 e. The maximum atomic E-state index is 13.0. The van der Waals surface area contributed by atoms with Gasteiger partial charge in [-0.1, -0.05) is 5.16 Å². The molecule has 0 spiro atoms. The number of amides is 1. The van der Waals surface area contributed by atoms with Crippen LogP contribution in [0.3, 0.4) is 0 Å². The largest absolute Gasteiger partial charge is 0.361 e. The lowest BCUT2D eigenvalue weighted by atomic mass is 9.98. The van der Waals surface area contributed by atoms with E-state index in [-0.39, 0.29) is 11.9 Å². The van der Waals surface area contributed by atoms with Crippen molar-refractivity contribution in [1.82, 2.24) is 15.0 Å². The summed E-state index contributed by atoms with van der Waals surface area (Å²) in [5.41, 5.74) is 1.52. The molecule has 0 aromatic carbocycles. The molecule has 2 aromatic heterocycles. The first-order valence-electron chi connectivity index (χ1n) is 7.44. The lowest BCUT2D eigenvalue weighted by Gasteiger charge is -2.34. The molecule has 0 saturated carbocycles. The summed E-state index contributed by atoms with van der Waals surface area (Å²) in [6.07, 6.45) is 6.70. The molecular formula is C16H19N3O2S. The number of rotatable bonds is 3. The number of piperidine rings is 1. The maximum absolute atomic E-state index is 13.0. The number of hydrogen-bond donors (Lipinski definition) is 0. The number of nitrogens with zero attached hydrogens (tertiary/aromatic N) is 3. The third kappa shape index (κ3) is 2.88. The van der Waals surface area contributed by atoms with Gasteiger partial charge in [0, 0.05) is 18.8 Å². The molecule has 3 heterocycles. The molecule has 0 bridgehead atoms. The summed E-state index contributed by atoms with van der Waals surface area (Å²) in [6, 6.07) is 5.58. The van der Waals surface area contributed by atoms with Crippen molar-refractivity contribution in [3.05, 3.63) is 41.4 Å². The number of aromatic nitrogens is 2. The van der Waals surface area contributed by atoms with E-state index in [4.69, 9.17) is 4.52 Å². The third-order valence-electron chi connectivity index (χ3n) is 3.95. The Balaban J connectivity index is 1.91. The molecule has 2 aromatic rings. The lowest BCUT2D eigenvalue weighted by molar-refractivity contribution is 0.0597. The van der Waals surface area contributed by atoms with Crippen LogP contribution in [-0.2, 0) is 0 Å². The monoisotopic (exact) mass is 317 g/mol. The predicted molar refractivity (Wildman–Crippen MR) is 84.9 cm³/mol. The van der Waals surface area contributed by atoms with Crippen molar-refractivity contribution in [2.75, 3.05) is 12.8 Å². The first-order valence-corrected chi connectivity index (χ1v) is 8.66. The van der Waals surface area contributed by atoms with E-state index >= 15 is 0 Å². The zero-order chi connectivity index (χ0) is 15.5. The van der Waals surface area contributed by atoms with E-state index in [1.165, 1.54) is 11.8 Å². The van der Waals surface area contributed by atoms with Crippen LogP contribution >= 0.6 is 11.8 Å². The van der Waals surface area contributed by atoms with E-state index in [9.17, 15) is 4.79 Å². The van der Waals surface area contributed by atoms with Gasteiger partial charge in [-0.05, 0) is 44.6 Å². The summed E-state index contributed by atoms with van der Waals surface area (Å²) >= 11 is 1.50. The molecule has 0 radical (unpaired) electrons. The summed E-state index contributed by atoms with van der Waals surface area (Å²) in [5.74, 6) is 0.807. The number of hydrogen-bond acceptors (Lipinski definition) is 5. The molecule has 1 aliphatic rings. The molecule has 1 saturated heterocycles. The van der Waals surface area contributed by atoms with E-state index in [1.54, 1.807) is 6.20 Å². The molecule has 0 aliphatic carbocycles. The van der Waals surface area contributed by atoms with E-state index in [1.807, 2.05) is 36.3 Å². The Hall–Kier alpha value is -1.82. The van der Waals surface area contributed by atoms with Crippen LogP contribution in [0.25, 0.3) is 0 Å². The molecular weight excluding hydrogens is 298 g/mol. The fourth-order valence-electron chi connectivity index (χ4n) is 2.90. The van der Waals surface area contributed by atoms with Gasteiger partial charge >= 0.3 is 0 Å². The van der Waals surface area contributed by atoms with Crippen molar-refractivity contribution in [3.8, 4) is 0 Å². The smallest absolute Gasteiger partial charge is 0.257 e. The number of carbonyl (C=O) groups is 1. The van der Waals surface area contributed by atoms with Crippen molar-refractivity contribution in [2.45, 2.75) is 37.3 Å². The van der Waals surface area contributed by atoms with Crippen LogP contribution in [0.1, 0.15) is 47.1 Å². The average Bonchev–Trinajstić information content (AvgIpc) is 3.00. The predicted octanol–water partition coefficient (Wildman–Crippen LogP) is 3.47. The van der Waals surface area contributed by atoms with Crippen molar-refractivity contribution < 1.29 is 9.32 Å². The second-order valence-corrected chi connectivity index (χ2v) is 6.23. The van der Waals surface area contributed by atoms with Gasteiger partial charge in [-0.3, -0.25) is 4.79 Å². The Kier molecular flexibility index (Phi) is 4.47. The zero-order valence-electron chi connectivity index (χ0n) is 12.8. The van der Waals surface area contributed by atoms with Crippen LogP contribution in [0, 0.1) is 6.92 Å². The number of carbonyl (C=O) groups excluding carboxylic acids is 1. The SMILES string of the molecule is CSc1ncccc1C(=O)N1CCCC[C@H]1c1cc(C)on1. The first kappa shape index (κ1) is 15.1. The number of likely N-dealkylation sites (tertiary alicyclic amines) is 1. The second-order valence-electron chi connectivity index (χ2n) is 5.43. The number of thioether (sulfide) groups is 1. The Morgan fingerprint density at radius 1 is 1.45 bits per heavy atom. The Morgan fingerprint density at radius 2 is 2.32 bits per heavy atom. The van der Waals surface area contributed by atoms with Crippen LogP contribution in [0.5, 0.6) is 0 Å². The minimum atomic E-state index is -0.00591. The van der Waals surface area contributed by atoms with Crippen molar-refractivity contribution in [2.24, 2.45) is 0 Å². The topological polar surface area (TPSA) is 59.2 Å². The molecule has 3 rings (SSSR count). The van der Waals surface area contributed by atoms with E-state index in [2.05, 4.69) is 10.1 Å². The molecule has 6 heteroatoms. The molecule has 0 N–H and O–H groups in total. The molecule has 1 atom stereocenters. The zero-order valence-corrected chi connectivity index (χ0v) is 13.6.